The van der Waals surface area contributed by atoms with Gasteiger partial charge in [0.15, 0.2) is 0 Å². The maximum atomic E-state index is 12.5. The molecule has 5 nitrogen and oxygen atoms in total. The Morgan fingerprint density at radius 1 is 1.60 bits per heavy atom. The molecule has 0 bridgehead atoms. The maximum Gasteiger partial charge on any atom is 0.228 e. The number of hydrogen-bond donors (Lipinski definition) is 1. The van der Waals surface area contributed by atoms with Gasteiger partial charge >= 0.3 is 0 Å². The van der Waals surface area contributed by atoms with Gasteiger partial charge in [0, 0.05) is 31.1 Å². The molecule has 0 aliphatic carbocycles. The number of aromatic nitrogens is 1. The third-order valence-electron chi connectivity index (χ3n) is 3.38. The summed E-state index contributed by atoms with van der Waals surface area (Å²) in [6.07, 6.45) is 2.98. The van der Waals surface area contributed by atoms with Crippen LogP contribution >= 0.6 is 11.8 Å². The summed E-state index contributed by atoms with van der Waals surface area (Å²) in [6, 6.07) is 3.92. The van der Waals surface area contributed by atoms with Crippen molar-refractivity contribution in [1.29, 1.82) is 0 Å². The molecule has 2 heterocycles. The fraction of sp³-hybridized carbons (Fsp3) is 0.571. The first-order valence-corrected chi connectivity index (χ1v) is 7.92. The largest absolute Gasteiger partial charge is 0.397 e. The van der Waals surface area contributed by atoms with Crippen molar-refractivity contribution in [3.63, 3.8) is 0 Å². The van der Waals surface area contributed by atoms with E-state index in [0.29, 0.717) is 31.3 Å². The van der Waals surface area contributed by atoms with Crippen molar-refractivity contribution in [3.8, 4) is 0 Å². The molecule has 1 aromatic rings. The predicted molar refractivity (Wildman–Crippen MR) is 81.7 cm³/mol. The van der Waals surface area contributed by atoms with Crippen LogP contribution in [0.1, 0.15) is 12.1 Å². The Balaban J connectivity index is 1.99. The molecule has 110 valence electrons. The fourth-order valence-electron chi connectivity index (χ4n) is 2.27. The van der Waals surface area contributed by atoms with Gasteiger partial charge in [-0.15, -0.1) is 0 Å². The van der Waals surface area contributed by atoms with E-state index in [-0.39, 0.29) is 5.91 Å². The van der Waals surface area contributed by atoms with E-state index in [1.54, 1.807) is 19.4 Å². The van der Waals surface area contributed by atoms with E-state index in [1.807, 2.05) is 22.7 Å². The second kappa shape index (κ2) is 7.50. The summed E-state index contributed by atoms with van der Waals surface area (Å²) in [7, 11) is 1.66. The van der Waals surface area contributed by atoms with Crippen LogP contribution in [0.3, 0.4) is 0 Å². The first-order valence-electron chi connectivity index (χ1n) is 6.77. The van der Waals surface area contributed by atoms with Gasteiger partial charge in [0.05, 0.1) is 24.9 Å². The number of carbonyl (C=O) groups excluding carboxylic acids is 1. The molecular formula is C14H21N3O2S. The van der Waals surface area contributed by atoms with Crippen LogP contribution in [-0.4, -0.2) is 53.6 Å². The van der Waals surface area contributed by atoms with Crippen LogP contribution in [0.5, 0.6) is 0 Å². The van der Waals surface area contributed by atoms with Crippen LogP contribution in [0.25, 0.3) is 0 Å². The number of pyridine rings is 1. The van der Waals surface area contributed by atoms with Gasteiger partial charge in [-0.1, -0.05) is 0 Å². The highest BCUT2D eigenvalue weighted by atomic mass is 32.2. The second-order valence-corrected chi connectivity index (χ2v) is 6.01. The summed E-state index contributed by atoms with van der Waals surface area (Å²) in [5.74, 6) is 2.26. The first-order chi connectivity index (χ1) is 9.70. The van der Waals surface area contributed by atoms with Crippen LogP contribution in [-0.2, 0) is 16.0 Å². The molecule has 1 aromatic heterocycles. The smallest absolute Gasteiger partial charge is 0.228 e. The second-order valence-electron chi connectivity index (χ2n) is 4.86. The molecule has 20 heavy (non-hydrogen) atoms. The van der Waals surface area contributed by atoms with Crippen LogP contribution in [0.4, 0.5) is 5.69 Å². The molecular weight excluding hydrogens is 274 g/mol. The van der Waals surface area contributed by atoms with Gasteiger partial charge in [-0.05, 0) is 24.3 Å². The molecule has 1 atom stereocenters. The number of anilines is 1. The standard InChI is InChI=1S/C14H21N3O2S/c1-19-6-5-17(13-4-7-20-10-13)14(18)8-12-3-2-11(15)9-16-12/h2-3,9,13H,4-8,10,15H2,1H3. The van der Waals surface area contributed by atoms with Gasteiger partial charge in [-0.2, -0.15) is 11.8 Å². The van der Waals surface area contributed by atoms with E-state index in [4.69, 9.17) is 10.5 Å². The molecule has 1 aliphatic rings. The molecule has 1 unspecified atom stereocenters. The molecule has 0 aromatic carbocycles. The van der Waals surface area contributed by atoms with E-state index in [0.717, 1.165) is 23.6 Å². The van der Waals surface area contributed by atoms with Crippen LogP contribution in [0.2, 0.25) is 0 Å². The van der Waals surface area contributed by atoms with Gasteiger partial charge in [-0.3, -0.25) is 9.78 Å². The normalized spacial score (nSPS) is 18.1. The van der Waals surface area contributed by atoms with E-state index >= 15 is 0 Å². The van der Waals surface area contributed by atoms with Crippen molar-refractivity contribution in [1.82, 2.24) is 9.88 Å². The molecule has 1 saturated heterocycles. The van der Waals surface area contributed by atoms with Crippen LogP contribution in [0.15, 0.2) is 18.3 Å². The Morgan fingerprint density at radius 3 is 3.05 bits per heavy atom. The highest BCUT2D eigenvalue weighted by Crippen LogP contribution is 2.22. The summed E-state index contributed by atoms with van der Waals surface area (Å²) < 4.78 is 5.12. The van der Waals surface area contributed by atoms with Crippen LogP contribution < -0.4 is 5.73 Å². The quantitative estimate of drug-likeness (QED) is 0.853. The minimum Gasteiger partial charge on any atom is -0.397 e. The zero-order chi connectivity index (χ0) is 14.4. The lowest BCUT2D eigenvalue weighted by molar-refractivity contribution is -0.133. The van der Waals surface area contributed by atoms with E-state index in [2.05, 4.69) is 4.98 Å². The molecule has 6 heteroatoms. The minimum atomic E-state index is 0.117. The van der Waals surface area contributed by atoms with Crippen molar-refractivity contribution in [3.05, 3.63) is 24.0 Å². The Kier molecular flexibility index (Phi) is 5.67. The van der Waals surface area contributed by atoms with Crippen molar-refractivity contribution in [2.24, 2.45) is 0 Å². The Labute approximate surface area is 123 Å². The number of nitrogen functional groups attached to an aromatic ring is 1. The van der Waals surface area contributed by atoms with Crippen molar-refractivity contribution in [2.45, 2.75) is 18.9 Å². The average molecular weight is 295 g/mol. The molecule has 2 N–H and O–H groups in total. The van der Waals surface area contributed by atoms with Gasteiger partial charge in [0.25, 0.3) is 0 Å². The van der Waals surface area contributed by atoms with Crippen LogP contribution in [0, 0.1) is 0 Å². The summed E-state index contributed by atoms with van der Waals surface area (Å²) >= 11 is 1.90. The molecule has 0 spiro atoms. The van der Waals surface area contributed by atoms with Crippen molar-refractivity contribution < 1.29 is 9.53 Å². The fourth-order valence-corrected chi connectivity index (χ4v) is 3.49. The predicted octanol–water partition coefficient (Wildman–Crippen LogP) is 1.19. The molecule has 2 rings (SSSR count). The lowest BCUT2D eigenvalue weighted by Crippen LogP contribution is -2.43. The third kappa shape index (κ3) is 4.11. The lowest BCUT2D eigenvalue weighted by Gasteiger charge is -2.28. The number of hydrogen-bond acceptors (Lipinski definition) is 5. The summed E-state index contributed by atoms with van der Waals surface area (Å²) in [5, 5.41) is 0. The van der Waals surface area contributed by atoms with Gasteiger partial charge < -0.3 is 15.4 Å². The zero-order valence-electron chi connectivity index (χ0n) is 11.7. The highest BCUT2D eigenvalue weighted by molar-refractivity contribution is 7.99. The molecule has 1 aliphatic heterocycles. The summed E-state index contributed by atoms with van der Waals surface area (Å²) in [4.78, 5) is 18.6. The zero-order valence-corrected chi connectivity index (χ0v) is 12.6. The highest BCUT2D eigenvalue weighted by Gasteiger charge is 2.26. The SMILES string of the molecule is COCCN(C(=O)Cc1ccc(N)cn1)C1CCSC1. The van der Waals surface area contributed by atoms with E-state index < -0.39 is 0 Å². The number of methoxy groups -OCH3 is 1. The number of nitrogens with two attached hydrogens (primary N) is 1. The maximum absolute atomic E-state index is 12.5. The van der Waals surface area contributed by atoms with Crippen molar-refractivity contribution in [2.75, 3.05) is 37.5 Å². The van der Waals surface area contributed by atoms with Gasteiger partial charge in [0.1, 0.15) is 0 Å². The van der Waals surface area contributed by atoms with Gasteiger partial charge in [-0.25, -0.2) is 0 Å². The number of rotatable bonds is 6. The Bertz CT molecular complexity index is 433. The third-order valence-corrected chi connectivity index (χ3v) is 4.53. The average Bonchev–Trinajstić information content (AvgIpc) is 2.96. The number of ether oxygens (including phenoxy) is 1. The summed E-state index contributed by atoms with van der Waals surface area (Å²) in [6.45, 7) is 1.22. The molecule has 0 radical (unpaired) electrons. The first kappa shape index (κ1) is 15.1. The topological polar surface area (TPSA) is 68.5 Å². The lowest BCUT2D eigenvalue weighted by atomic mass is 10.1. The summed E-state index contributed by atoms with van der Waals surface area (Å²) in [5.41, 5.74) is 6.98. The Morgan fingerprint density at radius 2 is 2.45 bits per heavy atom. The van der Waals surface area contributed by atoms with Crippen molar-refractivity contribution >= 4 is 23.4 Å². The molecule has 0 saturated carbocycles. The van der Waals surface area contributed by atoms with Gasteiger partial charge in [0.2, 0.25) is 5.91 Å². The Hall–Kier alpha value is -1.27. The number of thioether (sulfide) groups is 1. The number of amides is 1. The minimum absolute atomic E-state index is 0.117. The number of nitrogens with zero attached hydrogens (tertiary/aromatic N) is 2. The van der Waals surface area contributed by atoms with E-state index in [9.17, 15) is 4.79 Å². The molecule has 1 amide bonds. The molecule has 1 fully saturated rings. The monoisotopic (exact) mass is 295 g/mol. The number of carbonyl (C=O) groups is 1. The van der Waals surface area contributed by atoms with E-state index in [1.165, 1.54) is 0 Å².